The van der Waals surface area contributed by atoms with Crippen LogP contribution in [0.15, 0.2) is 42.5 Å². The molecule has 1 fully saturated rings. The number of amides is 1. The van der Waals surface area contributed by atoms with Gasteiger partial charge in [-0.3, -0.25) is 14.5 Å². The summed E-state index contributed by atoms with van der Waals surface area (Å²) in [7, 11) is 3.13. The van der Waals surface area contributed by atoms with E-state index in [4.69, 9.17) is 21.1 Å². The van der Waals surface area contributed by atoms with Crippen molar-refractivity contribution in [2.24, 2.45) is 5.92 Å². The van der Waals surface area contributed by atoms with E-state index in [-0.39, 0.29) is 24.2 Å². The minimum atomic E-state index is -0.126. The molecular formula is C22H25ClN2O4. The second-order valence-electron chi connectivity index (χ2n) is 7.04. The summed E-state index contributed by atoms with van der Waals surface area (Å²) in [6.45, 7) is 1.67. The van der Waals surface area contributed by atoms with Crippen LogP contribution in [0.5, 0.6) is 11.5 Å². The Balaban J connectivity index is 1.52. The maximum absolute atomic E-state index is 12.6. The monoisotopic (exact) mass is 416 g/mol. The van der Waals surface area contributed by atoms with Gasteiger partial charge in [0.25, 0.3) is 0 Å². The number of rotatable bonds is 7. The summed E-state index contributed by atoms with van der Waals surface area (Å²) >= 11 is 5.89. The third-order valence-corrected chi connectivity index (χ3v) is 5.39. The lowest BCUT2D eigenvalue weighted by atomic mass is 9.89. The van der Waals surface area contributed by atoms with Crippen LogP contribution in [0.4, 0.5) is 5.69 Å². The lowest BCUT2D eigenvalue weighted by Gasteiger charge is -2.30. The smallest absolute Gasteiger partial charge is 0.238 e. The molecule has 6 nitrogen and oxygen atoms in total. The summed E-state index contributed by atoms with van der Waals surface area (Å²) in [6, 6.07) is 12.3. The summed E-state index contributed by atoms with van der Waals surface area (Å²) < 4.78 is 10.5. The maximum atomic E-state index is 12.6. The van der Waals surface area contributed by atoms with Crippen molar-refractivity contribution in [3.63, 3.8) is 0 Å². The van der Waals surface area contributed by atoms with Gasteiger partial charge in [0, 0.05) is 22.6 Å². The zero-order valence-corrected chi connectivity index (χ0v) is 17.4. The fourth-order valence-corrected chi connectivity index (χ4v) is 3.63. The summed E-state index contributed by atoms with van der Waals surface area (Å²) in [4.78, 5) is 27.2. The van der Waals surface area contributed by atoms with Crippen molar-refractivity contribution in [3.05, 3.63) is 53.1 Å². The van der Waals surface area contributed by atoms with Crippen LogP contribution in [0.1, 0.15) is 23.2 Å². The molecule has 0 saturated carbocycles. The van der Waals surface area contributed by atoms with E-state index in [9.17, 15) is 9.59 Å². The largest absolute Gasteiger partial charge is 0.497 e. The lowest BCUT2D eigenvalue weighted by molar-refractivity contribution is -0.117. The van der Waals surface area contributed by atoms with Crippen molar-refractivity contribution >= 4 is 29.0 Å². The van der Waals surface area contributed by atoms with Crippen LogP contribution in [0, 0.1) is 5.92 Å². The van der Waals surface area contributed by atoms with Crippen molar-refractivity contribution in [2.45, 2.75) is 12.8 Å². The van der Waals surface area contributed by atoms with E-state index in [2.05, 4.69) is 10.2 Å². The third-order valence-electron chi connectivity index (χ3n) is 5.14. The van der Waals surface area contributed by atoms with E-state index < -0.39 is 0 Å². The third kappa shape index (κ3) is 5.49. The fraction of sp³-hybridized carbons (Fsp3) is 0.364. The number of carbonyl (C=O) groups is 2. The number of halogens is 1. The van der Waals surface area contributed by atoms with Gasteiger partial charge in [-0.15, -0.1) is 0 Å². The van der Waals surface area contributed by atoms with Gasteiger partial charge in [0.2, 0.25) is 5.91 Å². The molecule has 1 saturated heterocycles. The minimum absolute atomic E-state index is 0.0195. The first-order valence-electron chi connectivity index (χ1n) is 9.54. The molecule has 1 aliphatic heterocycles. The Morgan fingerprint density at radius 3 is 2.38 bits per heavy atom. The topological polar surface area (TPSA) is 67.9 Å². The summed E-state index contributed by atoms with van der Waals surface area (Å²) in [5, 5.41) is 3.50. The highest BCUT2D eigenvalue weighted by atomic mass is 35.5. The molecule has 0 atom stereocenters. The van der Waals surface area contributed by atoms with Crippen LogP contribution in [0.25, 0.3) is 0 Å². The van der Waals surface area contributed by atoms with Crippen LogP contribution >= 0.6 is 11.6 Å². The normalized spacial score (nSPS) is 15.0. The first-order chi connectivity index (χ1) is 14.0. The number of nitrogens with one attached hydrogen (secondary N) is 1. The molecular weight excluding hydrogens is 392 g/mol. The van der Waals surface area contributed by atoms with E-state index in [0.717, 1.165) is 12.8 Å². The van der Waals surface area contributed by atoms with E-state index in [1.807, 2.05) is 0 Å². The molecule has 1 amide bonds. The molecule has 1 aliphatic rings. The molecule has 2 aromatic rings. The number of ether oxygens (including phenoxy) is 2. The highest BCUT2D eigenvalue weighted by Gasteiger charge is 2.26. The predicted octanol–water partition coefficient (Wildman–Crippen LogP) is 3.89. The summed E-state index contributed by atoms with van der Waals surface area (Å²) in [5.74, 6) is 1.22. The molecule has 0 radical (unpaired) electrons. The van der Waals surface area contributed by atoms with Crippen molar-refractivity contribution in [1.82, 2.24) is 4.90 Å². The highest BCUT2D eigenvalue weighted by Crippen LogP contribution is 2.29. The molecule has 0 unspecified atom stereocenters. The van der Waals surface area contributed by atoms with Gasteiger partial charge in [-0.05, 0) is 62.3 Å². The van der Waals surface area contributed by atoms with Crippen LogP contribution < -0.4 is 14.8 Å². The molecule has 0 bridgehead atoms. The Bertz CT molecular complexity index is 862. The van der Waals surface area contributed by atoms with E-state index in [1.54, 1.807) is 56.7 Å². The number of anilines is 1. The molecule has 0 aliphatic carbocycles. The zero-order chi connectivity index (χ0) is 20.8. The number of benzene rings is 2. The van der Waals surface area contributed by atoms with Crippen LogP contribution in [0.2, 0.25) is 5.02 Å². The van der Waals surface area contributed by atoms with Gasteiger partial charge >= 0.3 is 0 Å². The Morgan fingerprint density at radius 2 is 1.76 bits per heavy atom. The van der Waals surface area contributed by atoms with Gasteiger partial charge in [0.1, 0.15) is 11.5 Å². The van der Waals surface area contributed by atoms with Gasteiger partial charge in [-0.1, -0.05) is 11.6 Å². The number of piperidine rings is 1. The molecule has 2 aromatic carbocycles. The Kier molecular flexibility index (Phi) is 7.12. The van der Waals surface area contributed by atoms with Gasteiger partial charge < -0.3 is 14.8 Å². The number of ketones is 1. The number of likely N-dealkylation sites (tertiary alicyclic amines) is 1. The number of carbonyl (C=O) groups excluding carboxylic acids is 2. The van der Waals surface area contributed by atoms with Gasteiger partial charge in [-0.25, -0.2) is 0 Å². The van der Waals surface area contributed by atoms with Crippen LogP contribution in [-0.4, -0.2) is 50.4 Å². The number of nitrogens with zero attached hydrogens (tertiary/aromatic N) is 1. The number of hydrogen-bond donors (Lipinski definition) is 1. The first-order valence-corrected chi connectivity index (χ1v) is 9.92. The minimum Gasteiger partial charge on any atom is -0.497 e. The number of methoxy groups -OCH3 is 2. The second kappa shape index (κ2) is 9.76. The average Bonchev–Trinajstić information content (AvgIpc) is 2.74. The lowest BCUT2D eigenvalue weighted by Crippen LogP contribution is -2.40. The molecule has 1 heterocycles. The van der Waals surface area contributed by atoms with Crippen molar-refractivity contribution < 1.29 is 19.1 Å². The van der Waals surface area contributed by atoms with Gasteiger partial charge in [-0.2, -0.15) is 0 Å². The highest BCUT2D eigenvalue weighted by molar-refractivity contribution is 6.30. The molecule has 3 rings (SSSR count). The standard InChI is InChI=1S/C22H25ClN2O4/c1-28-18-7-8-20(29-2)19(13-18)24-21(26)14-25-11-9-16(10-12-25)22(27)15-3-5-17(23)6-4-15/h3-8,13,16H,9-12,14H2,1-2H3,(H,24,26). The number of hydrogen-bond acceptors (Lipinski definition) is 5. The van der Waals surface area contributed by atoms with Gasteiger partial charge in [0.05, 0.1) is 26.5 Å². The van der Waals surface area contributed by atoms with Crippen molar-refractivity contribution in [2.75, 3.05) is 39.2 Å². The quantitative estimate of drug-likeness (QED) is 0.693. The zero-order valence-electron chi connectivity index (χ0n) is 16.6. The predicted molar refractivity (Wildman–Crippen MR) is 113 cm³/mol. The molecule has 0 aromatic heterocycles. The van der Waals surface area contributed by atoms with Crippen molar-refractivity contribution in [3.8, 4) is 11.5 Å². The van der Waals surface area contributed by atoms with Crippen molar-refractivity contribution in [1.29, 1.82) is 0 Å². The number of Topliss-reactive ketones (excluding diaryl/α,β-unsaturated/α-hetero) is 1. The van der Waals surface area contributed by atoms with E-state index in [1.165, 1.54) is 0 Å². The molecule has 154 valence electrons. The Morgan fingerprint density at radius 1 is 1.07 bits per heavy atom. The Labute approximate surface area is 175 Å². The summed E-state index contributed by atoms with van der Waals surface area (Å²) in [6.07, 6.45) is 1.47. The van der Waals surface area contributed by atoms with E-state index >= 15 is 0 Å². The average molecular weight is 417 g/mol. The maximum Gasteiger partial charge on any atom is 0.238 e. The summed E-state index contributed by atoms with van der Waals surface area (Å²) in [5.41, 5.74) is 1.26. The molecule has 29 heavy (non-hydrogen) atoms. The van der Waals surface area contributed by atoms with Crippen LogP contribution in [0.3, 0.4) is 0 Å². The first kappa shape index (κ1) is 21.1. The SMILES string of the molecule is COc1ccc(OC)c(NC(=O)CN2CCC(C(=O)c3ccc(Cl)cc3)CC2)c1. The fourth-order valence-electron chi connectivity index (χ4n) is 3.51. The second-order valence-corrected chi connectivity index (χ2v) is 7.47. The molecule has 0 spiro atoms. The van der Waals surface area contributed by atoms with Crippen LogP contribution in [-0.2, 0) is 4.79 Å². The Hall–Kier alpha value is -2.57. The van der Waals surface area contributed by atoms with E-state index in [0.29, 0.717) is 40.9 Å². The molecule has 1 N–H and O–H groups in total. The molecule has 7 heteroatoms. The van der Waals surface area contributed by atoms with Gasteiger partial charge in [0.15, 0.2) is 5.78 Å².